The predicted octanol–water partition coefficient (Wildman–Crippen LogP) is 5.85. The number of hydrogen-bond donors (Lipinski definition) is 0. The molecule has 0 atom stereocenters. The summed E-state index contributed by atoms with van der Waals surface area (Å²) in [5, 5.41) is 11.0. The molecule has 4 nitrogen and oxygen atoms in total. The molecule has 1 aromatic heterocycles. The number of aromatic nitrogens is 2. The van der Waals surface area contributed by atoms with E-state index in [0.717, 1.165) is 16.5 Å². The Balaban J connectivity index is 1.57. The van der Waals surface area contributed by atoms with Crippen molar-refractivity contribution in [2.45, 2.75) is 64.2 Å². The molecule has 1 fully saturated rings. The van der Waals surface area contributed by atoms with E-state index < -0.39 is 0 Å². The average molecular weight is 373 g/mol. The van der Waals surface area contributed by atoms with Crippen LogP contribution in [-0.4, -0.2) is 23.3 Å². The van der Waals surface area contributed by atoms with Crippen molar-refractivity contribution in [1.29, 1.82) is 0 Å². The summed E-state index contributed by atoms with van der Waals surface area (Å²) >= 11 is 1.70. The van der Waals surface area contributed by atoms with Crippen LogP contribution in [0.25, 0.3) is 10.6 Å². The maximum absolute atomic E-state index is 11.5. The first kappa shape index (κ1) is 19.0. The normalized spacial score (nSPS) is 20.1. The van der Waals surface area contributed by atoms with E-state index in [4.69, 9.17) is 4.74 Å². The van der Waals surface area contributed by atoms with Gasteiger partial charge in [0, 0.05) is 11.5 Å². The molecule has 26 heavy (non-hydrogen) atoms. The molecule has 2 aromatic rings. The predicted molar refractivity (Wildman–Crippen MR) is 106 cm³/mol. The largest absolute Gasteiger partial charge is 0.465 e. The Morgan fingerprint density at radius 2 is 1.85 bits per heavy atom. The summed E-state index contributed by atoms with van der Waals surface area (Å²) < 4.78 is 4.74. The molecule has 1 aromatic carbocycles. The van der Waals surface area contributed by atoms with E-state index in [-0.39, 0.29) is 5.97 Å². The van der Waals surface area contributed by atoms with Crippen LogP contribution in [0, 0.1) is 5.92 Å². The molecule has 5 heteroatoms. The number of methoxy groups -OCH3 is 1. The van der Waals surface area contributed by atoms with Crippen molar-refractivity contribution in [2.75, 3.05) is 7.11 Å². The van der Waals surface area contributed by atoms with Gasteiger partial charge in [-0.3, -0.25) is 0 Å². The first-order chi connectivity index (χ1) is 12.7. The number of ether oxygens (including phenoxy) is 1. The van der Waals surface area contributed by atoms with Crippen molar-refractivity contribution < 1.29 is 9.53 Å². The van der Waals surface area contributed by atoms with Crippen molar-refractivity contribution in [3.8, 4) is 10.6 Å². The summed E-state index contributed by atoms with van der Waals surface area (Å²) in [6.45, 7) is 2.27. The van der Waals surface area contributed by atoms with E-state index in [0.29, 0.717) is 11.5 Å². The molecule has 0 saturated heterocycles. The highest BCUT2D eigenvalue weighted by Gasteiger charge is 2.25. The zero-order valence-electron chi connectivity index (χ0n) is 15.7. The Bertz CT molecular complexity index is 703. The highest BCUT2D eigenvalue weighted by atomic mass is 32.1. The topological polar surface area (TPSA) is 52.1 Å². The molecule has 140 valence electrons. The molecule has 0 unspecified atom stereocenters. The van der Waals surface area contributed by atoms with Crippen molar-refractivity contribution in [3.63, 3.8) is 0 Å². The lowest BCUT2D eigenvalue weighted by Crippen LogP contribution is -2.13. The van der Waals surface area contributed by atoms with Gasteiger partial charge in [0.25, 0.3) is 0 Å². The third kappa shape index (κ3) is 4.70. The average Bonchev–Trinajstić information content (AvgIpc) is 3.18. The number of esters is 1. The van der Waals surface area contributed by atoms with Gasteiger partial charge in [0.15, 0.2) is 0 Å². The fourth-order valence-electron chi connectivity index (χ4n) is 3.76. The van der Waals surface area contributed by atoms with Gasteiger partial charge in [-0.2, -0.15) is 0 Å². The lowest BCUT2D eigenvalue weighted by molar-refractivity contribution is 0.0601. The molecular formula is C21H28N2O2S. The molecule has 0 spiro atoms. The van der Waals surface area contributed by atoms with Gasteiger partial charge in [0.2, 0.25) is 0 Å². The number of benzene rings is 1. The van der Waals surface area contributed by atoms with Crippen LogP contribution in [-0.2, 0) is 4.74 Å². The van der Waals surface area contributed by atoms with E-state index in [2.05, 4.69) is 17.1 Å². The summed E-state index contributed by atoms with van der Waals surface area (Å²) in [7, 11) is 1.39. The van der Waals surface area contributed by atoms with E-state index in [9.17, 15) is 4.79 Å². The minimum Gasteiger partial charge on any atom is -0.465 e. The monoisotopic (exact) mass is 372 g/mol. The van der Waals surface area contributed by atoms with Crippen LogP contribution in [0.3, 0.4) is 0 Å². The Hall–Kier alpha value is -1.75. The summed E-state index contributed by atoms with van der Waals surface area (Å²) in [6, 6.07) is 7.40. The zero-order valence-corrected chi connectivity index (χ0v) is 16.6. The summed E-state index contributed by atoms with van der Waals surface area (Å²) in [6.07, 6.45) is 10.6. The lowest BCUT2D eigenvalue weighted by atomic mass is 9.80. The number of carbonyl (C=O) groups excluding carboxylic acids is 1. The van der Waals surface area contributed by atoms with Gasteiger partial charge in [-0.05, 0) is 43.7 Å². The Morgan fingerprint density at radius 3 is 2.50 bits per heavy atom. The molecule has 0 N–H and O–H groups in total. The quantitative estimate of drug-likeness (QED) is 0.452. The van der Waals surface area contributed by atoms with Crippen LogP contribution in [0.5, 0.6) is 0 Å². The van der Waals surface area contributed by atoms with E-state index in [1.54, 1.807) is 23.5 Å². The minimum absolute atomic E-state index is 0.315. The SMILES string of the molecule is CCCCCC1CCC(c2nnc(-c3ccc(C(=O)OC)cc3)s2)CC1. The Labute approximate surface area is 160 Å². The van der Waals surface area contributed by atoms with Crippen LogP contribution in [0.15, 0.2) is 24.3 Å². The molecule has 0 bridgehead atoms. The van der Waals surface area contributed by atoms with E-state index >= 15 is 0 Å². The first-order valence-electron chi connectivity index (χ1n) is 9.73. The second-order valence-corrected chi connectivity index (χ2v) is 8.24. The molecule has 0 aliphatic heterocycles. The van der Waals surface area contributed by atoms with E-state index in [1.165, 1.54) is 63.5 Å². The number of unbranched alkanes of at least 4 members (excludes halogenated alkanes) is 2. The summed E-state index contributed by atoms with van der Waals surface area (Å²) in [4.78, 5) is 11.5. The van der Waals surface area contributed by atoms with Crippen molar-refractivity contribution in [3.05, 3.63) is 34.8 Å². The molecule has 0 radical (unpaired) electrons. The van der Waals surface area contributed by atoms with Crippen molar-refractivity contribution >= 4 is 17.3 Å². The van der Waals surface area contributed by atoms with Gasteiger partial charge in [0.05, 0.1) is 12.7 Å². The number of hydrogen-bond acceptors (Lipinski definition) is 5. The summed E-state index contributed by atoms with van der Waals surface area (Å²) in [5.74, 6) is 1.17. The van der Waals surface area contributed by atoms with Crippen LogP contribution in [0.2, 0.25) is 0 Å². The maximum Gasteiger partial charge on any atom is 0.337 e. The molecular weight excluding hydrogens is 344 g/mol. The van der Waals surface area contributed by atoms with Gasteiger partial charge < -0.3 is 4.74 Å². The Morgan fingerprint density at radius 1 is 1.12 bits per heavy atom. The van der Waals surface area contributed by atoms with Gasteiger partial charge in [0.1, 0.15) is 10.0 Å². The third-order valence-corrected chi connectivity index (χ3v) is 6.54. The zero-order chi connectivity index (χ0) is 18.4. The van der Waals surface area contributed by atoms with Crippen molar-refractivity contribution in [2.24, 2.45) is 5.92 Å². The fourth-order valence-corrected chi connectivity index (χ4v) is 4.78. The van der Waals surface area contributed by atoms with Gasteiger partial charge in [-0.15, -0.1) is 10.2 Å². The molecule has 1 saturated carbocycles. The lowest BCUT2D eigenvalue weighted by Gasteiger charge is -2.27. The minimum atomic E-state index is -0.315. The van der Waals surface area contributed by atoms with E-state index in [1.807, 2.05) is 12.1 Å². The number of carbonyl (C=O) groups is 1. The maximum atomic E-state index is 11.5. The molecule has 1 aliphatic rings. The summed E-state index contributed by atoms with van der Waals surface area (Å²) in [5.41, 5.74) is 1.57. The van der Waals surface area contributed by atoms with Crippen LogP contribution in [0.1, 0.15) is 79.6 Å². The fraction of sp³-hybridized carbons (Fsp3) is 0.571. The number of nitrogens with zero attached hydrogens (tertiary/aromatic N) is 2. The van der Waals surface area contributed by atoms with Gasteiger partial charge in [-0.1, -0.05) is 56.1 Å². The smallest absolute Gasteiger partial charge is 0.337 e. The number of rotatable bonds is 7. The molecule has 3 rings (SSSR count). The van der Waals surface area contributed by atoms with Crippen molar-refractivity contribution in [1.82, 2.24) is 10.2 Å². The van der Waals surface area contributed by atoms with Crippen LogP contribution < -0.4 is 0 Å². The molecule has 1 heterocycles. The van der Waals surface area contributed by atoms with Crippen LogP contribution >= 0.6 is 11.3 Å². The molecule has 1 aliphatic carbocycles. The highest BCUT2D eigenvalue weighted by Crippen LogP contribution is 2.39. The molecule has 0 amide bonds. The second kappa shape index (κ2) is 9.26. The standard InChI is InChI=1S/C21H28N2O2S/c1-3-4-5-6-15-7-9-16(10-8-15)19-22-23-20(26-19)17-11-13-18(14-12-17)21(24)25-2/h11-16H,3-10H2,1-2H3. The second-order valence-electron chi connectivity index (χ2n) is 7.23. The third-order valence-electron chi connectivity index (χ3n) is 5.41. The van der Waals surface area contributed by atoms with Gasteiger partial charge in [-0.25, -0.2) is 4.79 Å². The highest BCUT2D eigenvalue weighted by molar-refractivity contribution is 7.14. The van der Waals surface area contributed by atoms with Crippen LogP contribution in [0.4, 0.5) is 0 Å². The Kier molecular flexibility index (Phi) is 6.78. The first-order valence-corrected chi connectivity index (χ1v) is 10.5. The van der Waals surface area contributed by atoms with Gasteiger partial charge >= 0.3 is 5.97 Å².